The number of hydrogen-bond donors (Lipinski definition) is 1. The van der Waals surface area contributed by atoms with Gasteiger partial charge in [-0.2, -0.15) is 5.11 Å². The van der Waals surface area contributed by atoms with Crippen LogP contribution in [0.5, 0.6) is 0 Å². The van der Waals surface area contributed by atoms with E-state index in [-0.39, 0.29) is 6.23 Å². The summed E-state index contributed by atoms with van der Waals surface area (Å²) in [4.78, 5) is 0. The molecule has 0 bridgehead atoms. The van der Waals surface area contributed by atoms with Crippen LogP contribution in [-0.4, -0.2) is 12.8 Å². The normalized spacial score (nSPS) is 33.2. The average Bonchev–Trinajstić information content (AvgIpc) is 2.12. The van der Waals surface area contributed by atoms with Crippen LogP contribution in [0.3, 0.4) is 0 Å². The van der Waals surface area contributed by atoms with Gasteiger partial charge < -0.3 is 4.74 Å². The van der Waals surface area contributed by atoms with Gasteiger partial charge >= 0.3 is 0 Å². The van der Waals surface area contributed by atoms with Gasteiger partial charge in [0.15, 0.2) is 6.23 Å². The minimum Gasteiger partial charge on any atom is -0.347 e. The van der Waals surface area contributed by atoms with Crippen LogP contribution in [0, 0.1) is 5.53 Å². The van der Waals surface area contributed by atoms with Gasteiger partial charge in [0.1, 0.15) is 0 Å². The number of epoxide rings is 1. The second-order valence-corrected chi connectivity index (χ2v) is 0.917. The summed E-state index contributed by atoms with van der Waals surface area (Å²) in [6.07, 6.45) is -0.0741. The zero-order valence-corrected chi connectivity index (χ0v) is 2.64. The SMILES string of the molecule is N=NC1CO1. The lowest BCUT2D eigenvalue weighted by atomic mass is 10.8. The highest BCUT2D eigenvalue weighted by Gasteiger charge is 2.19. The summed E-state index contributed by atoms with van der Waals surface area (Å²) in [6.45, 7) is 0.656. The topological polar surface area (TPSA) is 48.7 Å². The largest absolute Gasteiger partial charge is 0.347 e. The van der Waals surface area contributed by atoms with E-state index in [0.29, 0.717) is 6.61 Å². The minimum atomic E-state index is -0.0741. The van der Waals surface area contributed by atoms with Crippen LogP contribution >= 0.6 is 0 Å². The van der Waals surface area contributed by atoms with Crippen molar-refractivity contribution in [2.45, 2.75) is 6.23 Å². The smallest absolute Gasteiger partial charge is 0.191 e. The standard InChI is InChI=1S/C2H4N2O/c3-4-2-1-5-2/h2-3H,1H2. The van der Waals surface area contributed by atoms with Crippen molar-refractivity contribution in [3.8, 4) is 0 Å². The molecule has 0 aromatic rings. The molecule has 1 saturated heterocycles. The Morgan fingerprint density at radius 1 is 2.00 bits per heavy atom. The molecular formula is C2H4N2O. The van der Waals surface area contributed by atoms with Crippen molar-refractivity contribution in [2.24, 2.45) is 5.11 Å². The molecule has 1 N–H and O–H groups in total. The van der Waals surface area contributed by atoms with Crippen LogP contribution < -0.4 is 0 Å². The predicted octanol–water partition coefficient (Wildman–Crippen LogP) is 0.374. The zero-order chi connectivity index (χ0) is 3.70. The van der Waals surface area contributed by atoms with Crippen LogP contribution in [0.15, 0.2) is 5.11 Å². The molecule has 1 aliphatic rings. The number of hydrogen-bond acceptors (Lipinski definition) is 3. The van der Waals surface area contributed by atoms with Gasteiger partial charge in [0.25, 0.3) is 0 Å². The highest BCUT2D eigenvalue weighted by Crippen LogP contribution is 2.07. The molecule has 3 heteroatoms. The Morgan fingerprint density at radius 2 is 2.60 bits per heavy atom. The van der Waals surface area contributed by atoms with Gasteiger partial charge in [-0.15, -0.1) is 0 Å². The van der Waals surface area contributed by atoms with Gasteiger partial charge in [-0.25, -0.2) is 5.53 Å². The molecule has 28 valence electrons. The first kappa shape index (κ1) is 2.78. The van der Waals surface area contributed by atoms with E-state index in [1.165, 1.54) is 0 Å². The Kier molecular flexibility index (Phi) is 0.420. The molecule has 0 spiro atoms. The van der Waals surface area contributed by atoms with Crippen molar-refractivity contribution in [1.29, 1.82) is 5.53 Å². The maximum atomic E-state index is 6.22. The van der Waals surface area contributed by atoms with Gasteiger partial charge in [0, 0.05) is 0 Å². The van der Waals surface area contributed by atoms with Crippen LogP contribution in [0.1, 0.15) is 0 Å². The molecule has 0 aromatic heterocycles. The van der Waals surface area contributed by atoms with Crippen molar-refractivity contribution in [2.75, 3.05) is 6.61 Å². The first-order valence-corrected chi connectivity index (χ1v) is 1.41. The third-order valence-corrected chi connectivity index (χ3v) is 0.460. The van der Waals surface area contributed by atoms with E-state index in [0.717, 1.165) is 0 Å². The second kappa shape index (κ2) is 0.755. The number of nitrogens with one attached hydrogen (secondary N) is 1. The van der Waals surface area contributed by atoms with Gasteiger partial charge in [-0.1, -0.05) is 0 Å². The quantitative estimate of drug-likeness (QED) is 0.353. The highest BCUT2D eigenvalue weighted by atomic mass is 16.6. The molecule has 3 nitrogen and oxygen atoms in total. The lowest BCUT2D eigenvalue weighted by molar-refractivity contribution is 0.405. The Morgan fingerprint density at radius 3 is 2.60 bits per heavy atom. The summed E-state index contributed by atoms with van der Waals surface area (Å²) in [5.41, 5.74) is 6.22. The Bertz CT molecular complexity index is 49.6. The molecule has 1 aliphatic heterocycles. The molecule has 1 heterocycles. The summed E-state index contributed by atoms with van der Waals surface area (Å²) in [5, 5.41) is 3.03. The molecule has 0 saturated carbocycles. The third-order valence-electron chi connectivity index (χ3n) is 0.460. The molecule has 0 amide bonds. The minimum absolute atomic E-state index is 0.0741. The van der Waals surface area contributed by atoms with Crippen molar-refractivity contribution in [1.82, 2.24) is 0 Å². The summed E-state index contributed by atoms with van der Waals surface area (Å²) in [5.74, 6) is 0. The van der Waals surface area contributed by atoms with Crippen LogP contribution in [0.2, 0.25) is 0 Å². The lowest BCUT2D eigenvalue weighted by Gasteiger charge is -1.59. The summed E-state index contributed by atoms with van der Waals surface area (Å²) < 4.78 is 4.50. The van der Waals surface area contributed by atoms with E-state index < -0.39 is 0 Å². The molecule has 1 fully saturated rings. The monoisotopic (exact) mass is 72.0 g/mol. The van der Waals surface area contributed by atoms with E-state index in [2.05, 4.69) is 9.85 Å². The molecule has 1 unspecified atom stereocenters. The zero-order valence-electron chi connectivity index (χ0n) is 2.64. The van der Waals surface area contributed by atoms with E-state index in [1.54, 1.807) is 0 Å². The third kappa shape index (κ3) is 0.417. The molecular weight excluding hydrogens is 68.0 g/mol. The van der Waals surface area contributed by atoms with Gasteiger partial charge in [-0.05, 0) is 0 Å². The van der Waals surface area contributed by atoms with Crippen LogP contribution in [0.25, 0.3) is 0 Å². The Hall–Kier alpha value is -0.440. The van der Waals surface area contributed by atoms with Crippen LogP contribution in [0.4, 0.5) is 0 Å². The van der Waals surface area contributed by atoms with Crippen molar-refractivity contribution in [3.63, 3.8) is 0 Å². The van der Waals surface area contributed by atoms with E-state index in [4.69, 9.17) is 5.53 Å². The highest BCUT2D eigenvalue weighted by molar-refractivity contribution is 4.59. The fraction of sp³-hybridized carbons (Fsp3) is 1.00. The first-order chi connectivity index (χ1) is 2.43. The summed E-state index contributed by atoms with van der Waals surface area (Å²) in [7, 11) is 0. The number of ether oxygens (including phenoxy) is 1. The van der Waals surface area contributed by atoms with Crippen molar-refractivity contribution >= 4 is 0 Å². The summed E-state index contributed by atoms with van der Waals surface area (Å²) in [6, 6.07) is 0. The van der Waals surface area contributed by atoms with Crippen molar-refractivity contribution in [3.05, 3.63) is 0 Å². The van der Waals surface area contributed by atoms with Gasteiger partial charge in [-0.3, -0.25) is 0 Å². The average molecular weight is 72.1 g/mol. The van der Waals surface area contributed by atoms with Crippen molar-refractivity contribution < 1.29 is 4.74 Å². The number of rotatable bonds is 1. The molecule has 0 aromatic carbocycles. The van der Waals surface area contributed by atoms with Gasteiger partial charge in [0.2, 0.25) is 0 Å². The maximum absolute atomic E-state index is 6.22. The molecule has 1 atom stereocenters. The van der Waals surface area contributed by atoms with E-state index in [9.17, 15) is 0 Å². The predicted molar refractivity (Wildman–Crippen MR) is 14.9 cm³/mol. The Labute approximate surface area is 29.4 Å². The van der Waals surface area contributed by atoms with E-state index in [1.807, 2.05) is 0 Å². The number of nitrogens with zero attached hydrogens (tertiary/aromatic N) is 1. The molecule has 5 heavy (non-hydrogen) atoms. The lowest BCUT2D eigenvalue weighted by Crippen LogP contribution is -1.65. The van der Waals surface area contributed by atoms with E-state index >= 15 is 0 Å². The second-order valence-electron chi connectivity index (χ2n) is 0.917. The molecule has 1 rings (SSSR count). The summed E-state index contributed by atoms with van der Waals surface area (Å²) >= 11 is 0. The first-order valence-electron chi connectivity index (χ1n) is 1.41. The Balaban J connectivity index is 2.21. The fourth-order valence-corrected chi connectivity index (χ4v) is 0.118. The van der Waals surface area contributed by atoms with Crippen LogP contribution in [-0.2, 0) is 4.74 Å². The molecule has 0 aliphatic carbocycles. The molecule has 0 radical (unpaired) electrons. The maximum Gasteiger partial charge on any atom is 0.191 e. The fourth-order valence-electron chi connectivity index (χ4n) is 0.118. The van der Waals surface area contributed by atoms with Gasteiger partial charge in [0.05, 0.1) is 6.61 Å².